The molecule has 0 saturated heterocycles. The van der Waals surface area contributed by atoms with E-state index in [4.69, 9.17) is 23.8 Å². The topological polar surface area (TPSA) is 83.5 Å². The number of methoxy groups -OCH3 is 2. The van der Waals surface area contributed by atoms with E-state index in [-0.39, 0.29) is 13.2 Å². The van der Waals surface area contributed by atoms with Crippen LogP contribution >= 0.6 is 0 Å². The Bertz CT molecular complexity index is 810. The second-order valence-corrected chi connectivity index (χ2v) is 5.90. The molecule has 0 fully saturated rings. The number of ether oxygens (including phenoxy) is 4. The lowest BCUT2D eigenvalue weighted by Gasteiger charge is -2.26. The molecular weight excluding hydrogens is 378 g/mol. The second kappa shape index (κ2) is 10.9. The summed E-state index contributed by atoms with van der Waals surface area (Å²) in [4.78, 5) is 30.4. The summed E-state index contributed by atoms with van der Waals surface area (Å²) in [5.41, 5.74) is 0.705. The molecule has 156 valence electrons. The van der Waals surface area contributed by atoms with Gasteiger partial charge in [0, 0.05) is 0 Å². The number of benzene rings is 2. The van der Waals surface area contributed by atoms with Crippen LogP contribution in [0.1, 0.15) is 19.4 Å². The molecule has 1 atom stereocenters. The summed E-state index contributed by atoms with van der Waals surface area (Å²) < 4.78 is 20.8. The van der Waals surface area contributed by atoms with E-state index in [9.17, 15) is 9.59 Å². The minimum absolute atomic E-state index is 0.00596. The van der Waals surface area contributed by atoms with Crippen molar-refractivity contribution in [1.29, 1.82) is 0 Å². The van der Waals surface area contributed by atoms with Crippen LogP contribution in [0.2, 0.25) is 0 Å². The lowest BCUT2D eigenvalue weighted by atomic mass is 10.2. The van der Waals surface area contributed by atoms with E-state index in [1.165, 1.54) is 21.1 Å². The quantitative estimate of drug-likeness (QED) is 0.467. The highest BCUT2D eigenvalue weighted by molar-refractivity contribution is 5.81. The summed E-state index contributed by atoms with van der Waals surface area (Å²) in [6.07, 6.45) is -0.836. The SMILES string of the molecule is CCOC(=O)C(C)N(OCc1ccc(OC)c(OC)c1)C(=O)Oc1ccccc1. The number of esters is 1. The fraction of sp³-hybridized carbons (Fsp3) is 0.333. The predicted molar refractivity (Wildman–Crippen MR) is 105 cm³/mol. The first-order chi connectivity index (χ1) is 14.0. The van der Waals surface area contributed by atoms with E-state index < -0.39 is 18.1 Å². The molecule has 0 radical (unpaired) electrons. The molecule has 0 aliphatic rings. The van der Waals surface area contributed by atoms with Crippen LogP contribution in [0.15, 0.2) is 48.5 Å². The number of nitrogens with zero attached hydrogens (tertiary/aromatic N) is 1. The molecule has 0 aromatic heterocycles. The summed E-state index contributed by atoms with van der Waals surface area (Å²) in [6, 6.07) is 12.7. The van der Waals surface area contributed by atoms with Gasteiger partial charge in [0.2, 0.25) is 0 Å². The van der Waals surface area contributed by atoms with Crippen molar-refractivity contribution in [3.8, 4) is 17.2 Å². The summed E-state index contributed by atoms with van der Waals surface area (Å²) in [5.74, 6) is 0.806. The van der Waals surface area contributed by atoms with E-state index in [0.29, 0.717) is 22.8 Å². The Hall–Kier alpha value is -3.26. The third kappa shape index (κ3) is 6.11. The Balaban J connectivity index is 2.16. The molecule has 2 aromatic rings. The maximum atomic E-state index is 12.6. The monoisotopic (exact) mass is 403 g/mol. The zero-order valence-corrected chi connectivity index (χ0v) is 16.9. The maximum absolute atomic E-state index is 12.6. The van der Waals surface area contributed by atoms with E-state index in [1.807, 2.05) is 0 Å². The van der Waals surface area contributed by atoms with Crippen LogP contribution < -0.4 is 14.2 Å². The third-order valence-corrected chi connectivity index (χ3v) is 3.93. The molecule has 0 heterocycles. The Morgan fingerprint density at radius 3 is 2.31 bits per heavy atom. The van der Waals surface area contributed by atoms with Crippen LogP contribution in [-0.2, 0) is 21.0 Å². The molecule has 1 amide bonds. The molecule has 8 heteroatoms. The van der Waals surface area contributed by atoms with Gasteiger partial charge in [-0.05, 0) is 43.7 Å². The Morgan fingerprint density at radius 2 is 1.69 bits per heavy atom. The molecule has 29 heavy (non-hydrogen) atoms. The maximum Gasteiger partial charge on any atom is 0.440 e. The van der Waals surface area contributed by atoms with Gasteiger partial charge in [-0.15, -0.1) is 0 Å². The van der Waals surface area contributed by atoms with Crippen molar-refractivity contribution in [1.82, 2.24) is 5.06 Å². The Kier molecular flexibility index (Phi) is 8.29. The van der Waals surface area contributed by atoms with Crippen molar-refractivity contribution in [2.45, 2.75) is 26.5 Å². The summed E-state index contributed by atoms with van der Waals surface area (Å²) in [5, 5.41) is 0.863. The molecule has 0 N–H and O–H groups in total. The number of rotatable bonds is 9. The van der Waals surface area contributed by atoms with Crippen LogP contribution in [0, 0.1) is 0 Å². The van der Waals surface area contributed by atoms with Gasteiger partial charge in [-0.25, -0.2) is 9.59 Å². The fourth-order valence-corrected chi connectivity index (χ4v) is 2.43. The first kappa shape index (κ1) is 22.0. The van der Waals surface area contributed by atoms with Crippen molar-refractivity contribution in [2.75, 3.05) is 20.8 Å². The highest BCUT2D eigenvalue weighted by atomic mass is 16.7. The van der Waals surface area contributed by atoms with Gasteiger partial charge < -0.3 is 18.9 Å². The molecule has 0 spiro atoms. The van der Waals surface area contributed by atoms with Crippen LogP contribution in [0.25, 0.3) is 0 Å². The number of carbonyl (C=O) groups excluding carboxylic acids is 2. The van der Waals surface area contributed by atoms with E-state index in [1.54, 1.807) is 55.5 Å². The average molecular weight is 403 g/mol. The highest BCUT2D eigenvalue weighted by Crippen LogP contribution is 2.28. The van der Waals surface area contributed by atoms with Gasteiger partial charge in [-0.3, -0.25) is 4.84 Å². The summed E-state index contributed by atoms with van der Waals surface area (Å²) in [7, 11) is 3.06. The normalized spacial score (nSPS) is 11.3. The highest BCUT2D eigenvalue weighted by Gasteiger charge is 2.30. The molecular formula is C21H25NO7. The van der Waals surface area contributed by atoms with Gasteiger partial charge in [0.25, 0.3) is 0 Å². The van der Waals surface area contributed by atoms with Gasteiger partial charge in [-0.2, -0.15) is 5.06 Å². The van der Waals surface area contributed by atoms with Crippen LogP contribution in [0.4, 0.5) is 4.79 Å². The number of carbonyl (C=O) groups is 2. The average Bonchev–Trinajstić information content (AvgIpc) is 2.74. The van der Waals surface area contributed by atoms with Gasteiger partial charge in [0.1, 0.15) is 12.4 Å². The Labute approximate surface area is 169 Å². The van der Waals surface area contributed by atoms with Gasteiger partial charge >= 0.3 is 12.1 Å². The van der Waals surface area contributed by atoms with Crippen molar-refractivity contribution in [2.24, 2.45) is 0 Å². The molecule has 1 unspecified atom stereocenters. The van der Waals surface area contributed by atoms with Gasteiger partial charge in [0.05, 0.1) is 20.8 Å². The zero-order valence-electron chi connectivity index (χ0n) is 16.9. The predicted octanol–water partition coefficient (Wildman–Crippen LogP) is 3.59. The Morgan fingerprint density at radius 1 is 1.00 bits per heavy atom. The number of hydrogen-bond acceptors (Lipinski definition) is 7. The number of amides is 1. The van der Waals surface area contributed by atoms with Gasteiger partial charge in [-0.1, -0.05) is 24.3 Å². The first-order valence-corrected chi connectivity index (χ1v) is 9.06. The second-order valence-electron chi connectivity index (χ2n) is 5.90. The van der Waals surface area contributed by atoms with Crippen molar-refractivity contribution in [3.63, 3.8) is 0 Å². The minimum atomic E-state index is -1.01. The number of hydroxylamine groups is 2. The van der Waals surface area contributed by atoms with E-state index >= 15 is 0 Å². The largest absolute Gasteiger partial charge is 0.493 e. The smallest absolute Gasteiger partial charge is 0.440 e. The van der Waals surface area contributed by atoms with Gasteiger partial charge in [0.15, 0.2) is 17.5 Å². The van der Waals surface area contributed by atoms with Crippen LogP contribution in [-0.4, -0.2) is 44.0 Å². The lowest BCUT2D eigenvalue weighted by molar-refractivity contribution is -0.185. The lowest BCUT2D eigenvalue weighted by Crippen LogP contribution is -2.45. The zero-order chi connectivity index (χ0) is 21.2. The van der Waals surface area contributed by atoms with E-state index in [0.717, 1.165) is 5.06 Å². The summed E-state index contributed by atoms with van der Waals surface area (Å²) in [6.45, 7) is 3.36. The number of hydrogen-bond donors (Lipinski definition) is 0. The molecule has 0 bridgehead atoms. The molecule has 8 nitrogen and oxygen atoms in total. The van der Waals surface area contributed by atoms with Crippen molar-refractivity contribution in [3.05, 3.63) is 54.1 Å². The standard InChI is InChI=1S/C21H25NO7/c1-5-27-20(23)15(2)22(21(24)29-17-9-7-6-8-10-17)28-14-16-11-12-18(25-3)19(13-16)26-4/h6-13,15H,5,14H2,1-4H3. The van der Waals surface area contributed by atoms with Crippen LogP contribution in [0.5, 0.6) is 17.2 Å². The van der Waals surface area contributed by atoms with Crippen molar-refractivity contribution < 1.29 is 33.4 Å². The number of para-hydroxylation sites is 1. The molecule has 2 rings (SSSR count). The first-order valence-electron chi connectivity index (χ1n) is 9.06. The minimum Gasteiger partial charge on any atom is -0.493 e. The molecule has 0 aliphatic carbocycles. The molecule has 2 aromatic carbocycles. The van der Waals surface area contributed by atoms with Crippen molar-refractivity contribution >= 4 is 12.1 Å². The fourth-order valence-electron chi connectivity index (χ4n) is 2.43. The molecule has 0 aliphatic heterocycles. The molecule has 0 saturated carbocycles. The van der Waals surface area contributed by atoms with Crippen LogP contribution in [0.3, 0.4) is 0 Å². The van der Waals surface area contributed by atoms with E-state index in [2.05, 4.69) is 0 Å². The third-order valence-electron chi connectivity index (χ3n) is 3.93. The summed E-state index contributed by atoms with van der Waals surface area (Å²) >= 11 is 0.